The van der Waals surface area contributed by atoms with Crippen molar-refractivity contribution < 1.29 is 13.2 Å². The zero-order valence-corrected chi connectivity index (χ0v) is 14.1. The number of carbonyl (C=O) groups excluding carboxylic acids is 1. The van der Waals surface area contributed by atoms with Gasteiger partial charge in [0.1, 0.15) is 0 Å². The first-order valence-corrected chi connectivity index (χ1v) is 9.90. The smallest absolute Gasteiger partial charge is 0.230 e. The molecule has 0 unspecified atom stereocenters. The first kappa shape index (κ1) is 16.3. The Kier molecular flexibility index (Phi) is 4.33. The van der Waals surface area contributed by atoms with Gasteiger partial charge in [-0.25, -0.2) is 8.42 Å². The Morgan fingerprint density at radius 3 is 2.61 bits per heavy atom. The minimum atomic E-state index is -3.33. The average molecular weight is 337 g/mol. The highest BCUT2D eigenvalue weighted by Gasteiger charge is 2.32. The lowest BCUT2D eigenvalue weighted by atomic mass is 9.85. The van der Waals surface area contributed by atoms with Gasteiger partial charge in [-0.15, -0.1) is 0 Å². The predicted octanol–water partition coefficient (Wildman–Crippen LogP) is 1.46. The number of rotatable bonds is 3. The van der Waals surface area contributed by atoms with Crippen molar-refractivity contribution in [1.82, 2.24) is 0 Å². The lowest BCUT2D eigenvalue weighted by Crippen LogP contribution is -2.38. The standard InChI is InChI=1S/C16H23N3O3S/c1-23(21,22)18-14-7-4-11-8-9-19(15(11)10-14)16(20)12-2-5-13(17)6-3-12/h4,7,10,12-13,18H,2-3,5-6,8-9,17H2,1H3/t12-,13-. The van der Waals surface area contributed by atoms with Gasteiger partial charge < -0.3 is 10.6 Å². The fraction of sp³-hybridized carbons (Fsp3) is 0.562. The van der Waals surface area contributed by atoms with Crippen molar-refractivity contribution in [2.75, 3.05) is 22.4 Å². The topological polar surface area (TPSA) is 92.5 Å². The van der Waals surface area contributed by atoms with Crippen LogP contribution in [0.1, 0.15) is 31.2 Å². The van der Waals surface area contributed by atoms with Gasteiger partial charge in [0.25, 0.3) is 0 Å². The van der Waals surface area contributed by atoms with Crippen LogP contribution < -0.4 is 15.4 Å². The number of anilines is 2. The summed E-state index contributed by atoms with van der Waals surface area (Å²) in [5, 5.41) is 0. The zero-order valence-electron chi connectivity index (χ0n) is 13.3. The van der Waals surface area contributed by atoms with Gasteiger partial charge in [0.05, 0.1) is 11.9 Å². The van der Waals surface area contributed by atoms with Crippen LogP contribution in [-0.2, 0) is 21.2 Å². The molecular formula is C16H23N3O3S. The van der Waals surface area contributed by atoms with E-state index in [4.69, 9.17) is 5.73 Å². The van der Waals surface area contributed by atoms with Crippen molar-refractivity contribution in [2.24, 2.45) is 11.7 Å². The molecule has 7 heteroatoms. The summed E-state index contributed by atoms with van der Waals surface area (Å²) in [6.45, 7) is 0.666. The normalized spacial score (nSPS) is 24.3. The highest BCUT2D eigenvalue weighted by atomic mass is 32.2. The number of benzene rings is 1. The zero-order chi connectivity index (χ0) is 16.6. The summed E-state index contributed by atoms with van der Waals surface area (Å²) in [5.41, 5.74) is 8.33. The van der Waals surface area contributed by atoms with Crippen molar-refractivity contribution in [3.05, 3.63) is 23.8 Å². The number of sulfonamides is 1. The summed E-state index contributed by atoms with van der Waals surface area (Å²) >= 11 is 0. The van der Waals surface area contributed by atoms with Crippen LogP contribution in [0.3, 0.4) is 0 Å². The molecule has 0 saturated heterocycles. The minimum absolute atomic E-state index is 0.0345. The van der Waals surface area contributed by atoms with Crippen molar-refractivity contribution in [2.45, 2.75) is 38.1 Å². The molecule has 1 aromatic carbocycles. The van der Waals surface area contributed by atoms with Crippen LogP contribution in [0.25, 0.3) is 0 Å². The van der Waals surface area contributed by atoms with E-state index in [1.165, 1.54) is 0 Å². The quantitative estimate of drug-likeness (QED) is 0.873. The van der Waals surface area contributed by atoms with Gasteiger partial charge in [-0.05, 0) is 49.8 Å². The fourth-order valence-electron chi connectivity index (χ4n) is 3.47. The van der Waals surface area contributed by atoms with E-state index in [1.807, 2.05) is 11.0 Å². The van der Waals surface area contributed by atoms with E-state index in [9.17, 15) is 13.2 Å². The van der Waals surface area contributed by atoms with E-state index in [0.717, 1.165) is 49.6 Å². The highest BCUT2D eigenvalue weighted by molar-refractivity contribution is 7.92. The molecule has 0 bridgehead atoms. The summed E-state index contributed by atoms with van der Waals surface area (Å²) in [4.78, 5) is 14.6. The maximum atomic E-state index is 12.8. The number of amides is 1. The number of hydrogen-bond acceptors (Lipinski definition) is 4. The molecule has 6 nitrogen and oxygen atoms in total. The van der Waals surface area contributed by atoms with Crippen LogP contribution in [0.4, 0.5) is 11.4 Å². The van der Waals surface area contributed by atoms with Crippen LogP contribution in [0.5, 0.6) is 0 Å². The van der Waals surface area contributed by atoms with Crippen LogP contribution >= 0.6 is 0 Å². The summed E-state index contributed by atoms with van der Waals surface area (Å²) < 4.78 is 25.3. The number of fused-ring (bicyclic) bond motifs is 1. The molecule has 3 N–H and O–H groups in total. The van der Waals surface area contributed by atoms with Crippen LogP contribution in [0.15, 0.2) is 18.2 Å². The second-order valence-electron chi connectivity index (χ2n) is 6.57. The second kappa shape index (κ2) is 6.13. The summed E-state index contributed by atoms with van der Waals surface area (Å²) in [5.74, 6) is 0.180. The van der Waals surface area contributed by atoms with Crippen molar-refractivity contribution in [1.29, 1.82) is 0 Å². The molecule has 0 atom stereocenters. The molecule has 0 aromatic heterocycles. The van der Waals surface area contributed by atoms with Crippen molar-refractivity contribution in [3.63, 3.8) is 0 Å². The first-order chi connectivity index (χ1) is 10.8. The maximum absolute atomic E-state index is 12.8. The molecular weight excluding hydrogens is 314 g/mol. The molecule has 2 aliphatic rings. The van der Waals surface area contributed by atoms with E-state index in [0.29, 0.717) is 12.2 Å². The molecule has 126 valence electrons. The fourth-order valence-corrected chi connectivity index (χ4v) is 4.03. The monoisotopic (exact) mass is 337 g/mol. The molecule has 1 aromatic rings. The lowest BCUT2D eigenvalue weighted by Gasteiger charge is -2.29. The molecule has 1 amide bonds. The van der Waals surface area contributed by atoms with Crippen molar-refractivity contribution >= 4 is 27.3 Å². The molecule has 1 saturated carbocycles. The molecule has 0 radical (unpaired) electrons. The Balaban J connectivity index is 1.80. The third-order valence-electron chi connectivity index (χ3n) is 4.67. The molecule has 1 heterocycles. The Hall–Kier alpha value is -1.60. The minimum Gasteiger partial charge on any atom is -0.328 e. The molecule has 3 rings (SSSR count). The van der Waals surface area contributed by atoms with E-state index in [2.05, 4.69) is 4.72 Å². The third kappa shape index (κ3) is 3.67. The van der Waals surface area contributed by atoms with Gasteiger partial charge >= 0.3 is 0 Å². The molecule has 23 heavy (non-hydrogen) atoms. The van der Waals surface area contributed by atoms with E-state index in [-0.39, 0.29) is 17.9 Å². The number of carbonyl (C=O) groups is 1. The third-order valence-corrected chi connectivity index (χ3v) is 5.28. The highest BCUT2D eigenvalue weighted by Crippen LogP contribution is 2.34. The number of hydrogen-bond donors (Lipinski definition) is 2. The van der Waals surface area contributed by atoms with Gasteiger partial charge in [-0.3, -0.25) is 9.52 Å². The van der Waals surface area contributed by atoms with E-state index in [1.54, 1.807) is 12.1 Å². The van der Waals surface area contributed by atoms with E-state index < -0.39 is 10.0 Å². The summed E-state index contributed by atoms with van der Waals surface area (Å²) in [7, 11) is -3.33. The Morgan fingerprint density at radius 2 is 1.96 bits per heavy atom. The Bertz CT molecular complexity index is 709. The van der Waals surface area contributed by atoms with Crippen LogP contribution in [-0.4, -0.2) is 33.2 Å². The molecule has 1 aliphatic carbocycles. The largest absolute Gasteiger partial charge is 0.328 e. The van der Waals surface area contributed by atoms with Crippen LogP contribution in [0, 0.1) is 5.92 Å². The molecule has 0 spiro atoms. The second-order valence-corrected chi connectivity index (χ2v) is 8.32. The van der Waals surface area contributed by atoms with E-state index >= 15 is 0 Å². The predicted molar refractivity (Wildman–Crippen MR) is 90.9 cm³/mol. The summed E-state index contributed by atoms with van der Waals surface area (Å²) in [6.07, 6.45) is 5.40. The Labute approximate surface area is 137 Å². The van der Waals surface area contributed by atoms with Crippen molar-refractivity contribution in [3.8, 4) is 0 Å². The lowest BCUT2D eigenvalue weighted by molar-refractivity contribution is -0.123. The average Bonchev–Trinajstić information content (AvgIpc) is 2.88. The summed E-state index contributed by atoms with van der Waals surface area (Å²) in [6, 6.07) is 5.62. The number of nitrogens with zero attached hydrogens (tertiary/aromatic N) is 1. The Morgan fingerprint density at radius 1 is 1.26 bits per heavy atom. The number of nitrogens with two attached hydrogens (primary N) is 1. The number of nitrogens with one attached hydrogen (secondary N) is 1. The maximum Gasteiger partial charge on any atom is 0.230 e. The van der Waals surface area contributed by atoms with Gasteiger partial charge in [0.2, 0.25) is 15.9 Å². The van der Waals surface area contributed by atoms with Gasteiger partial charge in [0, 0.05) is 24.2 Å². The van der Waals surface area contributed by atoms with Gasteiger partial charge in [0.15, 0.2) is 0 Å². The molecule has 1 aliphatic heterocycles. The van der Waals surface area contributed by atoms with Gasteiger partial charge in [-0.1, -0.05) is 6.07 Å². The van der Waals surface area contributed by atoms with Gasteiger partial charge in [-0.2, -0.15) is 0 Å². The first-order valence-electron chi connectivity index (χ1n) is 8.01. The molecule has 1 fully saturated rings. The van der Waals surface area contributed by atoms with Crippen LogP contribution in [0.2, 0.25) is 0 Å². The SMILES string of the molecule is CS(=O)(=O)Nc1ccc2c(c1)N(C(=O)[C@H]1CC[C@H](N)CC1)CC2.